The quantitative estimate of drug-likeness (QED) is 0.111. The molecule has 0 aliphatic rings. The van der Waals surface area contributed by atoms with E-state index in [9.17, 15) is 33.9 Å². The zero-order chi connectivity index (χ0) is 26.3. The molecule has 0 radical (unpaired) electrons. The van der Waals surface area contributed by atoms with Gasteiger partial charge in [-0.05, 0) is 43.3 Å². The van der Waals surface area contributed by atoms with Gasteiger partial charge in [-0.15, -0.1) is 0 Å². The number of carboxylic acid groups (broad SMARTS) is 3. The van der Waals surface area contributed by atoms with Crippen LogP contribution in [0.3, 0.4) is 0 Å². The number of carbonyl (C=O) groups is 6. The summed E-state index contributed by atoms with van der Waals surface area (Å²) in [5.41, 5.74) is 5.83. The maximum atomic E-state index is 12.8. The summed E-state index contributed by atoms with van der Waals surface area (Å²) in [5, 5.41) is 33.9. The molecule has 0 aromatic rings. The Kier molecular flexibility index (Phi) is 15.7. The highest BCUT2D eigenvalue weighted by atomic mass is 32.2. The van der Waals surface area contributed by atoms with Crippen molar-refractivity contribution in [2.75, 3.05) is 24.0 Å². The van der Waals surface area contributed by atoms with Crippen molar-refractivity contribution in [3.8, 4) is 0 Å². The molecule has 4 atom stereocenters. The fourth-order valence-electron chi connectivity index (χ4n) is 2.61. The second-order valence-electron chi connectivity index (χ2n) is 7.22. The number of rotatable bonds is 18. The van der Waals surface area contributed by atoms with Crippen LogP contribution in [0, 0.1) is 0 Å². The van der Waals surface area contributed by atoms with E-state index in [2.05, 4.69) is 16.0 Å². The second kappa shape index (κ2) is 17.0. The average Bonchev–Trinajstić information content (AvgIpc) is 2.75. The van der Waals surface area contributed by atoms with Crippen LogP contribution in [0.5, 0.6) is 0 Å². The van der Waals surface area contributed by atoms with E-state index in [1.807, 2.05) is 6.26 Å². The van der Waals surface area contributed by atoms with Crippen molar-refractivity contribution in [1.82, 2.24) is 16.0 Å². The Morgan fingerprint density at radius 3 is 1.71 bits per heavy atom. The molecule has 0 heterocycles. The molecular formula is C19H32N4O9S2. The number of carboxylic acids is 3. The number of hydrogen-bond donors (Lipinski definition) is 7. The number of aliphatic carboxylic acids is 3. The monoisotopic (exact) mass is 524 g/mol. The van der Waals surface area contributed by atoms with Crippen molar-refractivity contribution in [1.29, 1.82) is 0 Å². The number of nitrogens with one attached hydrogen (secondary N) is 3. The SMILES string of the molecule is CSCCC(N)C(=O)NC(CCSC)C(=O)NC(CC(=O)O)C(=O)NC(CCC(=O)O)C(=O)O. The Bertz CT molecular complexity index is 739. The van der Waals surface area contributed by atoms with E-state index in [1.54, 1.807) is 6.26 Å². The lowest BCUT2D eigenvalue weighted by molar-refractivity contribution is -0.144. The molecule has 13 nitrogen and oxygen atoms in total. The summed E-state index contributed by atoms with van der Waals surface area (Å²) in [4.78, 5) is 71.0. The molecule has 34 heavy (non-hydrogen) atoms. The van der Waals surface area contributed by atoms with E-state index in [0.717, 1.165) is 0 Å². The normalized spacial score (nSPS) is 14.2. The number of carbonyl (C=O) groups excluding carboxylic acids is 3. The third-order valence-corrected chi connectivity index (χ3v) is 5.77. The van der Waals surface area contributed by atoms with Gasteiger partial charge in [0.2, 0.25) is 17.7 Å². The Balaban J connectivity index is 5.44. The highest BCUT2D eigenvalue weighted by Gasteiger charge is 2.31. The first-order valence-electron chi connectivity index (χ1n) is 10.2. The molecule has 0 spiro atoms. The summed E-state index contributed by atoms with van der Waals surface area (Å²) in [6.07, 6.45) is 2.33. The maximum absolute atomic E-state index is 12.8. The van der Waals surface area contributed by atoms with Gasteiger partial charge in [0.05, 0.1) is 12.5 Å². The molecule has 0 saturated carbocycles. The minimum atomic E-state index is -1.66. The molecule has 0 fully saturated rings. The van der Waals surface area contributed by atoms with Crippen LogP contribution in [-0.2, 0) is 28.8 Å². The summed E-state index contributed by atoms with van der Waals surface area (Å²) in [5.74, 6) is -5.67. The molecule has 0 aliphatic carbocycles. The Morgan fingerprint density at radius 2 is 1.21 bits per heavy atom. The van der Waals surface area contributed by atoms with Gasteiger partial charge in [-0.1, -0.05) is 0 Å². The highest BCUT2D eigenvalue weighted by Crippen LogP contribution is 2.06. The van der Waals surface area contributed by atoms with E-state index in [1.165, 1.54) is 23.5 Å². The van der Waals surface area contributed by atoms with Gasteiger partial charge in [0, 0.05) is 6.42 Å². The van der Waals surface area contributed by atoms with Gasteiger partial charge in [0.25, 0.3) is 0 Å². The minimum Gasteiger partial charge on any atom is -0.481 e. The van der Waals surface area contributed by atoms with E-state index < -0.39 is 79.1 Å². The van der Waals surface area contributed by atoms with Gasteiger partial charge in [-0.3, -0.25) is 24.0 Å². The molecule has 0 aliphatic heterocycles. The number of thioether (sulfide) groups is 2. The summed E-state index contributed by atoms with van der Waals surface area (Å²) < 4.78 is 0. The Morgan fingerprint density at radius 1 is 0.706 bits per heavy atom. The largest absolute Gasteiger partial charge is 0.481 e. The lowest BCUT2D eigenvalue weighted by Gasteiger charge is -2.24. The zero-order valence-corrected chi connectivity index (χ0v) is 20.6. The molecule has 0 aromatic carbocycles. The summed E-state index contributed by atoms with van der Waals surface area (Å²) in [6.45, 7) is 0. The summed E-state index contributed by atoms with van der Waals surface area (Å²) >= 11 is 2.90. The number of amides is 3. The van der Waals surface area contributed by atoms with Crippen molar-refractivity contribution >= 4 is 59.2 Å². The average molecular weight is 525 g/mol. The third-order valence-electron chi connectivity index (χ3n) is 4.49. The predicted octanol–water partition coefficient (Wildman–Crippen LogP) is -1.30. The van der Waals surface area contributed by atoms with E-state index in [4.69, 9.17) is 15.9 Å². The second-order valence-corrected chi connectivity index (χ2v) is 9.19. The van der Waals surface area contributed by atoms with Crippen molar-refractivity contribution in [3.63, 3.8) is 0 Å². The van der Waals surface area contributed by atoms with Crippen molar-refractivity contribution in [2.24, 2.45) is 5.73 Å². The molecule has 0 rings (SSSR count). The van der Waals surface area contributed by atoms with Gasteiger partial charge < -0.3 is 37.0 Å². The molecule has 15 heteroatoms. The molecule has 0 saturated heterocycles. The van der Waals surface area contributed by atoms with Crippen LogP contribution in [0.4, 0.5) is 0 Å². The number of nitrogens with two attached hydrogens (primary N) is 1. The molecule has 8 N–H and O–H groups in total. The lowest BCUT2D eigenvalue weighted by Crippen LogP contribution is -2.57. The van der Waals surface area contributed by atoms with Gasteiger partial charge in [-0.25, -0.2) is 4.79 Å². The fraction of sp³-hybridized carbons (Fsp3) is 0.684. The van der Waals surface area contributed by atoms with Gasteiger partial charge >= 0.3 is 17.9 Å². The van der Waals surface area contributed by atoms with Crippen LogP contribution in [0.25, 0.3) is 0 Å². The van der Waals surface area contributed by atoms with E-state index in [-0.39, 0.29) is 6.42 Å². The highest BCUT2D eigenvalue weighted by molar-refractivity contribution is 7.98. The molecular weight excluding hydrogens is 492 g/mol. The smallest absolute Gasteiger partial charge is 0.326 e. The first-order chi connectivity index (χ1) is 15.9. The first kappa shape index (κ1) is 31.5. The van der Waals surface area contributed by atoms with Crippen LogP contribution in [0.2, 0.25) is 0 Å². The molecule has 0 bridgehead atoms. The van der Waals surface area contributed by atoms with Crippen LogP contribution in [0.15, 0.2) is 0 Å². The Hall–Kier alpha value is -2.52. The minimum absolute atomic E-state index is 0.172. The maximum Gasteiger partial charge on any atom is 0.326 e. The van der Waals surface area contributed by atoms with Gasteiger partial charge in [0.1, 0.15) is 18.1 Å². The summed E-state index contributed by atoms with van der Waals surface area (Å²) in [6, 6.07) is -5.22. The van der Waals surface area contributed by atoms with Crippen LogP contribution in [-0.4, -0.2) is 99.1 Å². The molecule has 0 aromatic heterocycles. The molecule has 194 valence electrons. The topological polar surface area (TPSA) is 225 Å². The van der Waals surface area contributed by atoms with Crippen LogP contribution in [0.1, 0.15) is 32.1 Å². The number of hydrogen-bond acceptors (Lipinski definition) is 9. The third kappa shape index (κ3) is 13.3. The van der Waals surface area contributed by atoms with Crippen LogP contribution < -0.4 is 21.7 Å². The van der Waals surface area contributed by atoms with Crippen molar-refractivity contribution < 1.29 is 44.1 Å². The standard InChI is InChI=1S/C19H32N4O9S2/c1-33-7-5-10(20)16(28)21-11(6-8-34-2)17(29)23-13(9-15(26)27)18(30)22-12(19(31)32)3-4-14(24)25/h10-13H,3-9,20H2,1-2H3,(H,21,28)(H,22,30)(H,23,29)(H,24,25)(H,26,27)(H,31,32). The first-order valence-corrected chi connectivity index (χ1v) is 13.0. The summed E-state index contributed by atoms with van der Waals surface area (Å²) in [7, 11) is 0. The van der Waals surface area contributed by atoms with Gasteiger partial charge in [0.15, 0.2) is 0 Å². The predicted molar refractivity (Wildman–Crippen MR) is 127 cm³/mol. The van der Waals surface area contributed by atoms with E-state index in [0.29, 0.717) is 17.9 Å². The van der Waals surface area contributed by atoms with Crippen molar-refractivity contribution in [2.45, 2.75) is 56.3 Å². The fourth-order valence-corrected chi connectivity index (χ4v) is 3.57. The van der Waals surface area contributed by atoms with Crippen LogP contribution >= 0.6 is 23.5 Å². The lowest BCUT2D eigenvalue weighted by atomic mass is 10.1. The Labute approximate surface area is 205 Å². The zero-order valence-electron chi connectivity index (χ0n) is 18.9. The van der Waals surface area contributed by atoms with Crippen molar-refractivity contribution in [3.05, 3.63) is 0 Å². The molecule has 4 unspecified atom stereocenters. The van der Waals surface area contributed by atoms with Gasteiger partial charge in [-0.2, -0.15) is 23.5 Å². The molecule has 3 amide bonds. The van der Waals surface area contributed by atoms with E-state index >= 15 is 0 Å².